The average Bonchev–Trinajstić information content (AvgIpc) is 3.34. The first kappa shape index (κ1) is 27.8. The van der Waals surface area contributed by atoms with Gasteiger partial charge in [-0.15, -0.1) is 0 Å². The number of rotatable bonds is 12. The molecule has 1 atom stereocenters. The second kappa shape index (κ2) is 14.1. The minimum absolute atomic E-state index is 0.0276. The maximum atomic E-state index is 13.5. The molecule has 0 bridgehead atoms. The van der Waals surface area contributed by atoms with Crippen LogP contribution in [0.5, 0.6) is 0 Å². The third-order valence-corrected chi connectivity index (χ3v) is 5.33. The molecule has 1 aromatic heterocycles. The third-order valence-electron chi connectivity index (χ3n) is 5.33. The van der Waals surface area contributed by atoms with E-state index in [1.807, 2.05) is 64.1 Å². The van der Waals surface area contributed by atoms with E-state index >= 15 is 0 Å². The fraction of sp³-hybridized carbons (Fsp3) is 0.462. The normalized spacial score (nSPS) is 12.2. The summed E-state index contributed by atoms with van der Waals surface area (Å²) < 4.78 is 1.61. The predicted octanol–water partition coefficient (Wildman–Crippen LogP) is 3.53. The Morgan fingerprint density at radius 2 is 1.80 bits per heavy atom. The lowest BCUT2D eigenvalue weighted by molar-refractivity contribution is -0.175. The number of hydroxylamine groups is 1. The van der Waals surface area contributed by atoms with Crippen molar-refractivity contribution in [1.82, 2.24) is 25.0 Å². The fourth-order valence-electron chi connectivity index (χ4n) is 3.57. The van der Waals surface area contributed by atoms with E-state index < -0.39 is 11.9 Å². The summed E-state index contributed by atoms with van der Waals surface area (Å²) in [7, 11) is 0. The lowest BCUT2D eigenvalue weighted by Crippen LogP contribution is -2.60. The Bertz CT molecular complexity index is 957. The zero-order valence-corrected chi connectivity index (χ0v) is 21.0. The Morgan fingerprint density at radius 1 is 1.09 bits per heavy atom. The van der Waals surface area contributed by atoms with Crippen LogP contribution in [0, 0.1) is 11.8 Å². The van der Waals surface area contributed by atoms with Crippen LogP contribution in [-0.2, 0) is 20.9 Å². The van der Waals surface area contributed by atoms with Gasteiger partial charge in [0.15, 0.2) is 0 Å². The van der Waals surface area contributed by atoms with E-state index in [-0.39, 0.29) is 49.6 Å². The van der Waals surface area contributed by atoms with Crippen LogP contribution in [-0.4, -0.2) is 55.1 Å². The molecule has 0 spiro atoms. The van der Waals surface area contributed by atoms with E-state index in [0.29, 0.717) is 6.42 Å². The number of imidazole rings is 1. The molecule has 190 valence electrons. The first-order valence-electron chi connectivity index (χ1n) is 12.0. The van der Waals surface area contributed by atoms with Crippen molar-refractivity contribution in [2.45, 2.75) is 59.5 Å². The van der Waals surface area contributed by atoms with Gasteiger partial charge in [0.2, 0.25) is 5.91 Å². The van der Waals surface area contributed by atoms with Gasteiger partial charge in [-0.3, -0.25) is 19.6 Å². The van der Waals surface area contributed by atoms with E-state index in [2.05, 4.69) is 4.98 Å². The maximum absolute atomic E-state index is 13.5. The van der Waals surface area contributed by atoms with Crippen LogP contribution in [0.3, 0.4) is 0 Å². The van der Waals surface area contributed by atoms with Gasteiger partial charge < -0.3 is 4.57 Å². The number of hydrogen-bond acceptors (Lipinski definition) is 5. The summed E-state index contributed by atoms with van der Waals surface area (Å²) >= 11 is 0. The molecule has 3 amide bonds. The van der Waals surface area contributed by atoms with Crippen LogP contribution >= 0.6 is 0 Å². The van der Waals surface area contributed by atoms with Gasteiger partial charge in [0.05, 0.1) is 6.33 Å². The fourth-order valence-corrected chi connectivity index (χ4v) is 3.57. The summed E-state index contributed by atoms with van der Waals surface area (Å²) in [6.07, 6.45) is 9.26. The Morgan fingerprint density at radius 3 is 2.37 bits per heavy atom. The van der Waals surface area contributed by atoms with Crippen molar-refractivity contribution in [1.29, 1.82) is 0 Å². The lowest BCUT2D eigenvalue weighted by Gasteiger charge is -2.40. The van der Waals surface area contributed by atoms with E-state index in [1.165, 1.54) is 16.3 Å². The van der Waals surface area contributed by atoms with Crippen molar-refractivity contribution in [3.8, 4) is 0 Å². The van der Waals surface area contributed by atoms with Gasteiger partial charge in [-0.05, 0) is 30.2 Å². The lowest BCUT2D eigenvalue weighted by atomic mass is 10.1. The summed E-state index contributed by atoms with van der Waals surface area (Å²) in [6.45, 7) is 8.09. The number of hydrogen-bond donors (Lipinski definition) is 2. The van der Waals surface area contributed by atoms with Crippen LogP contribution in [0.25, 0.3) is 6.08 Å². The number of aromatic nitrogens is 2. The zero-order valence-electron chi connectivity index (χ0n) is 21.0. The number of benzene rings is 1. The minimum atomic E-state index is -1.11. The molecule has 0 radical (unpaired) electrons. The van der Waals surface area contributed by atoms with E-state index in [1.54, 1.807) is 28.5 Å². The summed E-state index contributed by atoms with van der Waals surface area (Å²) in [5.74, 6) is -1.16. The van der Waals surface area contributed by atoms with Gasteiger partial charge in [-0.25, -0.2) is 20.5 Å². The van der Waals surface area contributed by atoms with Crippen molar-refractivity contribution >= 4 is 23.8 Å². The number of carbonyl (C=O) groups is 3. The van der Waals surface area contributed by atoms with Gasteiger partial charge >= 0.3 is 0 Å². The molecule has 0 saturated heterocycles. The number of nitrogens with one attached hydrogen (secondary N) is 1. The van der Waals surface area contributed by atoms with Gasteiger partial charge in [0.1, 0.15) is 12.6 Å². The molecule has 0 saturated carbocycles. The summed E-state index contributed by atoms with van der Waals surface area (Å²) in [6, 6.07) is 8.44. The van der Waals surface area contributed by atoms with Crippen LogP contribution < -0.4 is 5.48 Å². The molecule has 2 aromatic rings. The van der Waals surface area contributed by atoms with Crippen molar-refractivity contribution in [2.24, 2.45) is 11.8 Å². The standard InChI is InChI=1S/C26H37N5O4/c1-20(2)13-14-24(32)31(30(17-21(3)4)25(33)18-29-16-15-27-19-29)23(26(34)28-35)12-8-11-22-9-6-5-7-10-22/h5-11,15-16,19-21,23,35H,12-14,17-18H2,1-4H3,(H,28,34)/t23-/m0/s1. The highest BCUT2D eigenvalue weighted by Crippen LogP contribution is 2.18. The highest BCUT2D eigenvalue weighted by Gasteiger charge is 2.36. The minimum Gasteiger partial charge on any atom is -0.328 e. The number of amides is 3. The average molecular weight is 484 g/mol. The summed E-state index contributed by atoms with van der Waals surface area (Å²) in [5.41, 5.74) is 2.62. The van der Waals surface area contributed by atoms with Crippen molar-refractivity contribution in [3.63, 3.8) is 0 Å². The predicted molar refractivity (Wildman–Crippen MR) is 134 cm³/mol. The van der Waals surface area contributed by atoms with E-state index in [4.69, 9.17) is 0 Å². The molecule has 1 aromatic carbocycles. The Labute approximate surface area is 207 Å². The molecule has 9 heteroatoms. The maximum Gasteiger partial charge on any atom is 0.268 e. The second-order valence-electron chi connectivity index (χ2n) is 9.32. The Kier molecular flexibility index (Phi) is 11.2. The van der Waals surface area contributed by atoms with Gasteiger partial charge in [-0.2, -0.15) is 0 Å². The SMILES string of the molecule is CC(C)CCC(=O)N([C@@H](CC=Cc1ccccc1)C(=O)NO)N(CC(C)C)C(=O)Cn1ccnc1. The van der Waals surface area contributed by atoms with Gasteiger partial charge in [0.25, 0.3) is 11.8 Å². The molecular weight excluding hydrogens is 446 g/mol. The molecule has 0 aliphatic rings. The first-order valence-corrected chi connectivity index (χ1v) is 12.0. The van der Waals surface area contributed by atoms with Crippen molar-refractivity contribution < 1.29 is 19.6 Å². The number of hydrazine groups is 1. The van der Waals surface area contributed by atoms with Crippen molar-refractivity contribution in [3.05, 3.63) is 60.7 Å². The molecule has 0 fully saturated rings. The van der Waals surface area contributed by atoms with Gasteiger partial charge in [0, 0.05) is 25.4 Å². The largest absolute Gasteiger partial charge is 0.328 e. The molecule has 0 unspecified atom stereocenters. The van der Waals surface area contributed by atoms with Crippen LogP contribution in [0.15, 0.2) is 55.1 Å². The smallest absolute Gasteiger partial charge is 0.268 e. The molecule has 2 rings (SSSR count). The monoisotopic (exact) mass is 483 g/mol. The molecule has 35 heavy (non-hydrogen) atoms. The third kappa shape index (κ3) is 9.01. The molecule has 2 N–H and O–H groups in total. The topological polar surface area (TPSA) is 108 Å². The molecule has 9 nitrogen and oxygen atoms in total. The summed E-state index contributed by atoms with van der Waals surface area (Å²) in [4.78, 5) is 43.7. The second-order valence-corrected chi connectivity index (χ2v) is 9.32. The number of carbonyl (C=O) groups excluding carboxylic acids is 3. The Balaban J connectivity index is 2.42. The van der Waals surface area contributed by atoms with Crippen LogP contribution in [0.4, 0.5) is 0 Å². The van der Waals surface area contributed by atoms with Gasteiger partial charge in [-0.1, -0.05) is 70.2 Å². The quantitative estimate of drug-likeness (QED) is 0.355. The van der Waals surface area contributed by atoms with Crippen LogP contribution in [0.1, 0.15) is 52.5 Å². The number of nitrogens with zero attached hydrogens (tertiary/aromatic N) is 4. The van der Waals surface area contributed by atoms with E-state index in [9.17, 15) is 19.6 Å². The zero-order chi connectivity index (χ0) is 25.8. The Hall–Kier alpha value is -3.46. The molecule has 1 heterocycles. The first-order chi connectivity index (χ1) is 16.7. The molecule has 0 aliphatic carbocycles. The van der Waals surface area contributed by atoms with E-state index in [0.717, 1.165) is 5.56 Å². The highest BCUT2D eigenvalue weighted by molar-refractivity contribution is 5.89. The highest BCUT2D eigenvalue weighted by atomic mass is 16.5. The van der Waals surface area contributed by atoms with Crippen LogP contribution in [0.2, 0.25) is 0 Å². The summed E-state index contributed by atoms with van der Waals surface area (Å²) in [5, 5.41) is 12.1. The molecule has 0 aliphatic heterocycles. The molecular formula is C26H37N5O4. The van der Waals surface area contributed by atoms with Crippen molar-refractivity contribution in [2.75, 3.05) is 6.54 Å².